The molecule has 0 aromatic heterocycles. The molecule has 6 heteroatoms. The number of carbonyl (C=O) groups is 1. The van der Waals surface area contributed by atoms with Gasteiger partial charge in [0.05, 0.1) is 25.5 Å². The van der Waals surface area contributed by atoms with E-state index in [1.165, 1.54) is 4.90 Å². The van der Waals surface area contributed by atoms with Crippen LogP contribution in [-0.4, -0.2) is 43.5 Å². The monoisotopic (exact) mass is 234 g/mol. The van der Waals surface area contributed by atoms with Crippen LogP contribution in [0, 0.1) is 11.3 Å². The molecule has 0 N–H and O–H groups in total. The second-order valence-corrected chi connectivity index (χ2v) is 3.10. The summed E-state index contributed by atoms with van der Waals surface area (Å²) >= 11 is 0. The fraction of sp³-hybridized carbons (Fsp3) is 0.800. The lowest BCUT2D eigenvalue weighted by molar-refractivity contribution is -0.132. The first-order chi connectivity index (χ1) is 7.61. The minimum Gasteiger partial charge on any atom is -0.375 e. The molecule has 0 aliphatic heterocycles. The lowest BCUT2D eigenvalue weighted by Crippen LogP contribution is -2.32. The van der Waals surface area contributed by atoms with E-state index in [0.717, 1.165) is 0 Å². The summed E-state index contributed by atoms with van der Waals surface area (Å²) in [5.41, 5.74) is 0. The predicted octanol–water partition coefficient (Wildman–Crippen LogP) is 1.42. The maximum atomic E-state index is 11.7. The molecule has 0 saturated heterocycles. The van der Waals surface area contributed by atoms with Crippen molar-refractivity contribution in [2.45, 2.75) is 26.2 Å². The predicted molar refractivity (Wildman–Crippen MR) is 53.9 cm³/mol. The van der Waals surface area contributed by atoms with Crippen LogP contribution in [0.15, 0.2) is 0 Å². The van der Waals surface area contributed by atoms with Crippen molar-refractivity contribution in [2.75, 3.05) is 26.3 Å². The van der Waals surface area contributed by atoms with Crippen LogP contribution in [0.5, 0.6) is 0 Å². The van der Waals surface area contributed by atoms with Crippen LogP contribution in [-0.2, 0) is 9.53 Å². The number of nitriles is 1. The Morgan fingerprint density at radius 1 is 1.56 bits per heavy atom. The molecule has 16 heavy (non-hydrogen) atoms. The first kappa shape index (κ1) is 14.8. The topological polar surface area (TPSA) is 53.3 Å². The first-order valence-electron chi connectivity index (χ1n) is 5.12. The van der Waals surface area contributed by atoms with Gasteiger partial charge in [-0.3, -0.25) is 4.79 Å². The van der Waals surface area contributed by atoms with Gasteiger partial charge in [0, 0.05) is 13.1 Å². The van der Waals surface area contributed by atoms with Gasteiger partial charge in [0.15, 0.2) is 0 Å². The van der Waals surface area contributed by atoms with Crippen LogP contribution in [0.2, 0.25) is 0 Å². The van der Waals surface area contributed by atoms with Crippen LogP contribution in [0.25, 0.3) is 0 Å². The van der Waals surface area contributed by atoms with Gasteiger partial charge >= 0.3 is 0 Å². The number of alkyl halides is 2. The summed E-state index contributed by atoms with van der Waals surface area (Å²) in [7, 11) is 0. The summed E-state index contributed by atoms with van der Waals surface area (Å²) in [5.74, 6) is -0.174. The molecule has 0 aromatic rings. The quantitative estimate of drug-likeness (QED) is 0.597. The maximum absolute atomic E-state index is 11.7. The lowest BCUT2D eigenvalue weighted by Gasteiger charge is -2.19. The average molecular weight is 234 g/mol. The van der Waals surface area contributed by atoms with Crippen molar-refractivity contribution in [1.29, 1.82) is 5.26 Å². The van der Waals surface area contributed by atoms with Gasteiger partial charge in [-0.15, -0.1) is 0 Å². The third-order valence-corrected chi connectivity index (χ3v) is 1.93. The van der Waals surface area contributed by atoms with Crippen LogP contribution in [0.3, 0.4) is 0 Å². The van der Waals surface area contributed by atoms with Gasteiger partial charge in [-0.1, -0.05) is 0 Å². The highest BCUT2D eigenvalue weighted by Gasteiger charge is 2.11. The summed E-state index contributed by atoms with van der Waals surface area (Å²) in [5, 5.41) is 8.37. The minimum atomic E-state index is -2.50. The molecule has 0 saturated carbocycles. The Kier molecular flexibility index (Phi) is 8.35. The molecule has 0 aliphatic carbocycles. The zero-order valence-electron chi connectivity index (χ0n) is 9.29. The number of carbonyl (C=O) groups excluding carboxylic acids is 1. The zero-order chi connectivity index (χ0) is 12.4. The molecule has 0 bridgehead atoms. The molecule has 0 aliphatic rings. The van der Waals surface area contributed by atoms with Gasteiger partial charge < -0.3 is 9.64 Å². The molecule has 0 radical (unpaired) electrons. The van der Waals surface area contributed by atoms with E-state index in [4.69, 9.17) is 5.26 Å². The molecule has 0 rings (SSSR count). The Morgan fingerprint density at radius 3 is 2.75 bits per heavy atom. The van der Waals surface area contributed by atoms with Crippen molar-refractivity contribution in [3.63, 3.8) is 0 Å². The zero-order valence-corrected chi connectivity index (χ0v) is 9.29. The molecule has 0 unspecified atom stereocenters. The first-order valence-corrected chi connectivity index (χ1v) is 5.12. The minimum absolute atomic E-state index is 0.00771. The summed E-state index contributed by atoms with van der Waals surface area (Å²) < 4.78 is 28.0. The van der Waals surface area contributed by atoms with E-state index in [2.05, 4.69) is 4.74 Å². The van der Waals surface area contributed by atoms with Crippen LogP contribution >= 0.6 is 0 Å². The maximum Gasteiger partial charge on any atom is 0.261 e. The molecular formula is C10H16F2N2O2. The summed E-state index contributed by atoms with van der Waals surface area (Å²) in [6, 6.07) is 1.95. The molecule has 0 aromatic carbocycles. The van der Waals surface area contributed by atoms with E-state index in [9.17, 15) is 13.6 Å². The Bertz CT molecular complexity index is 241. The number of halogens is 2. The lowest BCUT2D eigenvalue weighted by atomic mass is 10.3. The van der Waals surface area contributed by atoms with E-state index in [1.54, 1.807) is 6.92 Å². The van der Waals surface area contributed by atoms with Crippen molar-refractivity contribution >= 4 is 5.91 Å². The van der Waals surface area contributed by atoms with Gasteiger partial charge in [-0.2, -0.15) is 5.26 Å². The van der Waals surface area contributed by atoms with Crippen LogP contribution < -0.4 is 0 Å². The van der Waals surface area contributed by atoms with Gasteiger partial charge in [-0.05, 0) is 6.92 Å². The Balaban J connectivity index is 3.72. The number of hydrogen-bond acceptors (Lipinski definition) is 3. The highest BCUT2D eigenvalue weighted by Crippen LogP contribution is 1.98. The fourth-order valence-electron chi connectivity index (χ4n) is 1.13. The molecular weight excluding hydrogens is 218 g/mol. The third-order valence-electron chi connectivity index (χ3n) is 1.93. The van der Waals surface area contributed by atoms with Crippen molar-refractivity contribution in [1.82, 2.24) is 4.90 Å². The normalized spacial score (nSPS) is 10.2. The highest BCUT2D eigenvalue weighted by molar-refractivity contribution is 5.76. The number of amides is 1. The van der Waals surface area contributed by atoms with Crippen molar-refractivity contribution in [3.8, 4) is 6.07 Å². The SMILES string of the molecule is CCN(CCC#N)C(=O)CCOCC(F)F. The Labute approximate surface area is 93.8 Å². The molecule has 0 atom stereocenters. The van der Waals surface area contributed by atoms with Crippen molar-refractivity contribution in [3.05, 3.63) is 0 Å². The van der Waals surface area contributed by atoms with Crippen molar-refractivity contribution < 1.29 is 18.3 Å². The second-order valence-electron chi connectivity index (χ2n) is 3.10. The van der Waals surface area contributed by atoms with Crippen LogP contribution in [0.1, 0.15) is 19.8 Å². The van der Waals surface area contributed by atoms with E-state index in [1.807, 2.05) is 6.07 Å². The third kappa shape index (κ3) is 7.12. The number of rotatable bonds is 8. The van der Waals surface area contributed by atoms with E-state index < -0.39 is 13.0 Å². The van der Waals surface area contributed by atoms with Gasteiger partial charge in [0.2, 0.25) is 5.91 Å². The fourth-order valence-corrected chi connectivity index (χ4v) is 1.13. The highest BCUT2D eigenvalue weighted by atomic mass is 19.3. The van der Waals surface area contributed by atoms with E-state index in [-0.39, 0.29) is 25.4 Å². The van der Waals surface area contributed by atoms with E-state index >= 15 is 0 Å². The molecule has 0 spiro atoms. The molecule has 92 valence electrons. The average Bonchev–Trinajstić information content (AvgIpc) is 2.25. The summed E-state index contributed by atoms with van der Waals surface area (Å²) in [4.78, 5) is 13.0. The van der Waals surface area contributed by atoms with E-state index in [0.29, 0.717) is 13.1 Å². The number of nitrogens with zero attached hydrogens (tertiary/aromatic N) is 2. The Morgan fingerprint density at radius 2 is 2.25 bits per heavy atom. The van der Waals surface area contributed by atoms with Gasteiger partial charge in [-0.25, -0.2) is 8.78 Å². The summed E-state index contributed by atoms with van der Waals surface area (Å²) in [6.07, 6.45) is -2.15. The van der Waals surface area contributed by atoms with Gasteiger partial charge in [0.25, 0.3) is 6.43 Å². The summed E-state index contributed by atoms with van der Waals surface area (Å²) in [6.45, 7) is 2.04. The largest absolute Gasteiger partial charge is 0.375 e. The second kappa shape index (κ2) is 9.04. The molecule has 0 heterocycles. The molecule has 1 amide bonds. The standard InChI is InChI=1S/C10H16F2N2O2/c1-2-14(6-3-5-13)10(15)4-7-16-8-9(11)12/h9H,2-4,6-8H2,1H3. The van der Waals surface area contributed by atoms with Crippen molar-refractivity contribution in [2.24, 2.45) is 0 Å². The molecule has 0 fully saturated rings. The van der Waals surface area contributed by atoms with Gasteiger partial charge in [0.1, 0.15) is 6.61 Å². The number of hydrogen-bond donors (Lipinski definition) is 0. The van der Waals surface area contributed by atoms with Crippen LogP contribution in [0.4, 0.5) is 8.78 Å². The molecule has 4 nitrogen and oxygen atoms in total. The smallest absolute Gasteiger partial charge is 0.261 e. The Hall–Kier alpha value is -1.22. The number of ether oxygens (including phenoxy) is 1.